The van der Waals surface area contributed by atoms with Crippen molar-refractivity contribution < 1.29 is 9.47 Å². The van der Waals surface area contributed by atoms with Crippen LogP contribution in [0.25, 0.3) is 0 Å². The molecule has 0 bridgehead atoms. The molecule has 1 aromatic carbocycles. The minimum atomic E-state index is -0.529. The van der Waals surface area contributed by atoms with Gasteiger partial charge in [0.15, 0.2) is 5.75 Å². The molecule has 2 atom stereocenters. The fraction of sp³-hybridized carbons (Fsp3) is 0.312. The van der Waals surface area contributed by atoms with Gasteiger partial charge in [-0.15, -0.1) is 0 Å². The average Bonchev–Trinajstić information content (AvgIpc) is 2.49. The van der Waals surface area contributed by atoms with E-state index in [-0.39, 0.29) is 11.5 Å². The smallest absolute Gasteiger partial charge is 0.227 e. The van der Waals surface area contributed by atoms with Gasteiger partial charge < -0.3 is 14.0 Å². The van der Waals surface area contributed by atoms with E-state index in [1.54, 1.807) is 12.3 Å². The van der Waals surface area contributed by atoms with E-state index in [1.807, 2.05) is 48.7 Å². The Morgan fingerprint density at radius 1 is 1.20 bits per heavy atom. The molecule has 0 amide bonds. The van der Waals surface area contributed by atoms with Crippen molar-refractivity contribution in [1.82, 2.24) is 4.57 Å². The zero-order valence-electron chi connectivity index (χ0n) is 11.6. The molecule has 2 aromatic rings. The van der Waals surface area contributed by atoms with Gasteiger partial charge in [0, 0.05) is 24.4 Å². The third kappa shape index (κ3) is 2.12. The van der Waals surface area contributed by atoms with Gasteiger partial charge in [-0.05, 0) is 13.8 Å². The molecule has 4 nitrogen and oxygen atoms in total. The first kappa shape index (κ1) is 12.9. The minimum absolute atomic E-state index is 0.0965. The zero-order valence-corrected chi connectivity index (χ0v) is 11.6. The molecule has 1 aliphatic rings. The van der Waals surface area contributed by atoms with E-state index in [9.17, 15) is 4.79 Å². The lowest BCUT2D eigenvalue weighted by Crippen LogP contribution is -2.28. The van der Waals surface area contributed by atoms with Crippen molar-refractivity contribution in [1.29, 1.82) is 0 Å². The summed E-state index contributed by atoms with van der Waals surface area (Å²) in [6.45, 7) is 4.75. The molecule has 1 aliphatic heterocycles. The third-order valence-corrected chi connectivity index (χ3v) is 3.52. The first-order valence-electron chi connectivity index (χ1n) is 6.81. The van der Waals surface area contributed by atoms with Crippen LogP contribution in [0.15, 0.2) is 47.4 Å². The molecule has 0 unspecified atom stereocenters. The summed E-state index contributed by atoms with van der Waals surface area (Å²) in [6, 6.07) is 11.2. The monoisotopic (exact) mass is 271 g/mol. The van der Waals surface area contributed by atoms with E-state index in [0.29, 0.717) is 5.75 Å². The molecular weight excluding hydrogens is 254 g/mol. The van der Waals surface area contributed by atoms with Gasteiger partial charge in [0.1, 0.15) is 6.10 Å². The quantitative estimate of drug-likeness (QED) is 0.843. The van der Waals surface area contributed by atoms with E-state index < -0.39 is 6.29 Å². The van der Waals surface area contributed by atoms with Crippen molar-refractivity contribution in [3.05, 3.63) is 64.1 Å². The maximum Gasteiger partial charge on any atom is 0.227 e. The highest BCUT2D eigenvalue weighted by Crippen LogP contribution is 2.37. The van der Waals surface area contributed by atoms with Gasteiger partial charge in [-0.2, -0.15) is 0 Å². The zero-order chi connectivity index (χ0) is 14.1. The van der Waals surface area contributed by atoms with Crippen molar-refractivity contribution in [2.75, 3.05) is 0 Å². The molecule has 0 aliphatic carbocycles. The SMILES string of the molecule is CCn1ccc(=O)c2c1[C@@H](C)O[C@H](c1ccccc1)O2. The number of ether oxygens (including phenoxy) is 2. The van der Waals surface area contributed by atoms with Crippen LogP contribution in [0.3, 0.4) is 0 Å². The molecule has 0 radical (unpaired) electrons. The third-order valence-electron chi connectivity index (χ3n) is 3.52. The van der Waals surface area contributed by atoms with Crippen LogP contribution in [0.5, 0.6) is 5.75 Å². The van der Waals surface area contributed by atoms with Gasteiger partial charge in [-0.1, -0.05) is 30.3 Å². The lowest BCUT2D eigenvalue weighted by Gasteiger charge is -2.32. The Balaban J connectivity index is 2.05. The Labute approximate surface area is 117 Å². The van der Waals surface area contributed by atoms with Crippen LogP contribution >= 0.6 is 0 Å². The molecule has 0 saturated carbocycles. The van der Waals surface area contributed by atoms with Crippen molar-refractivity contribution >= 4 is 0 Å². The summed E-state index contributed by atoms with van der Waals surface area (Å²) in [7, 11) is 0. The maximum absolute atomic E-state index is 12.1. The van der Waals surface area contributed by atoms with Crippen LogP contribution in [0, 0.1) is 0 Å². The van der Waals surface area contributed by atoms with Crippen molar-refractivity contribution in [2.24, 2.45) is 0 Å². The van der Waals surface area contributed by atoms with Crippen LogP contribution < -0.4 is 10.2 Å². The molecule has 3 rings (SSSR count). The number of hydrogen-bond donors (Lipinski definition) is 0. The number of hydrogen-bond acceptors (Lipinski definition) is 3. The Morgan fingerprint density at radius 3 is 2.65 bits per heavy atom. The van der Waals surface area contributed by atoms with Crippen LogP contribution in [0.4, 0.5) is 0 Å². The van der Waals surface area contributed by atoms with Crippen molar-refractivity contribution in [2.45, 2.75) is 32.8 Å². The number of rotatable bonds is 2. The van der Waals surface area contributed by atoms with E-state index in [1.165, 1.54) is 0 Å². The summed E-state index contributed by atoms with van der Waals surface area (Å²) in [5, 5.41) is 0. The van der Waals surface area contributed by atoms with Gasteiger partial charge in [-0.25, -0.2) is 0 Å². The average molecular weight is 271 g/mol. The molecule has 104 valence electrons. The number of benzene rings is 1. The molecular formula is C16H17NO3. The van der Waals surface area contributed by atoms with Crippen LogP contribution in [-0.2, 0) is 11.3 Å². The molecule has 1 aromatic heterocycles. The van der Waals surface area contributed by atoms with E-state index in [4.69, 9.17) is 9.47 Å². The standard InChI is InChI=1S/C16H17NO3/c1-3-17-10-9-13(18)15-14(17)11(2)19-16(20-15)12-7-5-4-6-8-12/h4-11,16H,3H2,1-2H3/t11-,16+/m1/s1. The van der Waals surface area contributed by atoms with Crippen molar-refractivity contribution in [3.8, 4) is 5.75 Å². The number of pyridine rings is 1. The summed E-state index contributed by atoms with van der Waals surface area (Å²) in [5.41, 5.74) is 1.63. The van der Waals surface area contributed by atoms with Gasteiger partial charge in [0.2, 0.25) is 11.7 Å². The summed E-state index contributed by atoms with van der Waals surface area (Å²) in [4.78, 5) is 12.1. The van der Waals surface area contributed by atoms with Gasteiger partial charge in [0.25, 0.3) is 0 Å². The number of fused-ring (bicyclic) bond motifs is 1. The number of aromatic nitrogens is 1. The normalized spacial score (nSPS) is 21.1. The van der Waals surface area contributed by atoms with Gasteiger partial charge in [-0.3, -0.25) is 4.79 Å². The number of nitrogens with zero attached hydrogens (tertiary/aromatic N) is 1. The second kappa shape index (κ2) is 5.13. The number of aryl methyl sites for hydroxylation is 1. The molecule has 0 fully saturated rings. The second-order valence-electron chi connectivity index (χ2n) is 4.82. The second-order valence-corrected chi connectivity index (χ2v) is 4.82. The van der Waals surface area contributed by atoms with Crippen LogP contribution in [0.2, 0.25) is 0 Å². The highest BCUT2D eigenvalue weighted by molar-refractivity contribution is 5.33. The largest absolute Gasteiger partial charge is 0.455 e. The first-order valence-corrected chi connectivity index (χ1v) is 6.81. The Kier molecular flexibility index (Phi) is 3.32. The molecule has 2 heterocycles. The first-order chi connectivity index (χ1) is 9.70. The fourth-order valence-corrected chi connectivity index (χ4v) is 2.52. The predicted molar refractivity (Wildman–Crippen MR) is 75.7 cm³/mol. The Morgan fingerprint density at radius 2 is 1.95 bits per heavy atom. The summed E-state index contributed by atoms with van der Waals surface area (Å²) >= 11 is 0. The van der Waals surface area contributed by atoms with Gasteiger partial charge in [0.05, 0.1) is 5.69 Å². The fourth-order valence-electron chi connectivity index (χ4n) is 2.52. The minimum Gasteiger partial charge on any atom is -0.455 e. The molecule has 4 heteroatoms. The van der Waals surface area contributed by atoms with E-state index >= 15 is 0 Å². The lowest BCUT2D eigenvalue weighted by atomic mass is 10.1. The predicted octanol–water partition coefficient (Wildman–Crippen LogP) is 3.04. The van der Waals surface area contributed by atoms with Crippen LogP contribution in [0.1, 0.15) is 37.5 Å². The molecule has 0 spiro atoms. The maximum atomic E-state index is 12.1. The van der Waals surface area contributed by atoms with Gasteiger partial charge >= 0.3 is 0 Å². The van der Waals surface area contributed by atoms with E-state index in [2.05, 4.69) is 0 Å². The van der Waals surface area contributed by atoms with Crippen LogP contribution in [-0.4, -0.2) is 4.57 Å². The molecule has 20 heavy (non-hydrogen) atoms. The highest BCUT2D eigenvalue weighted by atomic mass is 16.7. The summed E-state index contributed by atoms with van der Waals surface area (Å²) in [6.07, 6.45) is 1.07. The molecule has 0 N–H and O–H groups in total. The Bertz CT molecular complexity index is 663. The topological polar surface area (TPSA) is 40.5 Å². The van der Waals surface area contributed by atoms with Crippen molar-refractivity contribution in [3.63, 3.8) is 0 Å². The lowest BCUT2D eigenvalue weighted by molar-refractivity contribution is -0.142. The highest BCUT2D eigenvalue weighted by Gasteiger charge is 2.30. The van der Waals surface area contributed by atoms with E-state index in [0.717, 1.165) is 17.8 Å². The summed E-state index contributed by atoms with van der Waals surface area (Å²) in [5.74, 6) is 0.405. The molecule has 0 saturated heterocycles. The Hall–Kier alpha value is -2.07. The summed E-state index contributed by atoms with van der Waals surface area (Å²) < 4.78 is 13.7.